The Hall–Kier alpha value is -1.03. The molecule has 0 aromatic heterocycles. The molecule has 1 heterocycles. The van der Waals surface area contributed by atoms with Gasteiger partial charge in [-0.15, -0.1) is 11.8 Å². The summed E-state index contributed by atoms with van der Waals surface area (Å²) < 4.78 is 10.9. The van der Waals surface area contributed by atoms with Crippen molar-refractivity contribution in [1.82, 2.24) is 0 Å². The minimum Gasteiger partial charge on any atom is -0.348 e. The summed E-state index contributed by atoms with van der Waals surface area (Å²) in [5, 5.41) is 8.28. The predicted molar refractivity (Wildman–Crippen MR) is 52.2 cm³/mol. The summed E-state index contributed by atoms with van der Waals surface area (Å²) in [6, 6.07) is 2.06. The third-order valence-corrected chi connectivity index (χ3v) is 2.09. The molecule has 3 nitrogen and oxygen atoms in total. The van der Waals surface area contributed by atoms with Gasteiger partial charge in [0, 0.05) is 25.7 Å². The summed E-state index contributed by atoms with van der Waals surface area (Å²) in [4.78, 5) is 0. The summed E-state index contributed by atoms with van der Waals surface area (Å²) in [5.74, 6) is 5.53. The van der Waals surface area contributed by atoms with Gasteiger partial charge in [0.1, 0.15) is 0 Å². The van der Waals surface area contributed by atoms with Gasteiger partial charge < -0.3 is 9.47 Å². The highest BCUT2D eigenvalue weighted by atomic mass is 16.7. The van der Waals surface area contributed by atoms with Gasteiger partial charge in [-0.25, -0.2) is 0 Å². The number of unbranched alkanes of at least 4 members (excludes halogenated alkanes) is 1. The van der Waals surface area contributed by atoms with Gasteiger partial charge in [0.15, 0.2) is 5.79 Å². The van der Waals surface area contributed by atoms with Crippen molar-refractivity contribution in [2.45, 2.75) is 38.4 Å². The molecular weight excluding hydrogens is 178 g/mol. The van der Waals surface area contributed by atoms with E-state index in [1.54, 1.807) is 0 Å². The Balaban J connectivity index is 2.13. The van der Waals surface area contributed by atoms with Crippen molar-refractivity contribution in [1.29, 1.82) is 5.26 Å². The van der Waals surface area contributed by atoms with Crippen molar-refractivity contribution >= 4 is 0 Å². The molecule has 0 spiro atoms. The van der Waals surface area contributed by atoms with Crippen LogP contribution in [0.25, 0.3) is 0 Å². The van der Waals surface area contributed by atoms with Gasteiger partial charge in [0.05, 0.1) is 19.3 Å². The highest BCUT2D eigenvalue weighted by Crippen LogP contribution is 2.23. The van der Waals surface area contributed by atoms with Crippen LogP contribution in [0.1, 0.15) is 32.6 Å². The normalized spacial score (nSPS) is 18.3. The Kier molecular flexibility index (Phi) is 4.46. The average Bonchev–Trinajstić information content (AvgIpc) is 2.59. The molecule has 0 N–H and O–H groups in total. The summed E-state index contributed by atoms with van der Waals surface area (Å²) in [6.45, 7) is 3.30. The summed E-state index contributed by atoms with van der Waals surface area (Å²) in [7, 11) is 0. The Morgan fingerprint density at radius 3 is 2.43 bits per heavy atom. The third-order valence-electron chi connectivity index (χ3n) is 2.09. The number of ether oxygens (including phenoxy) is 2. The van der Waals surface area contributed by atoms with Crippen LogP contribution in [0, 0.1) is 23.2 Å². The SMILES string of the molecule is CC1(CCC#CCCC#N)OCCO1. The number of hydrogen-bond acceptors (Lipinski definition) is 3. The molecule has 0 saturated carbocycles. The van der Waals surface area contributed by atoms with Crippen LogP contribution in [-0.4, -0.2) is 19.0 Å². The predicted octanol–water partition coefficient (Wildman–Crippen LogP) is 1.84. The van der Waals surface area contributed by atoms with E-state index in [1.165, 1.54) is 0 Å². The number of nitriles is 1. The molecule has 0 amide bonds. The van der Waals surface area contributed by atoms with Crippen molar-refractivity contribution in [2.75, 3.05) is 13.2 Å². The molecule has 1 aliphatic rings. The molecule has 0 radical (unpaired) electrons. The molecule has 1 fully saturated rings. The molecule has 0 aliphatic carbocycles. The lowest BCUT2D eigenvalue weighted by Gasteiger charge is -2.20. The van der Waals surface area contributed by atoms with Gasteiger partial charge in [-0.3, -0.25) is 0 Å². The van der Waals surface area contributed by atoms with Crippen LogP contribution in [0.4, 0.5) is 0 Å². The minimum atomic E-state index is -0.427. The van der Waals surface area contributed by atoms with Crippen LogP contribution in [-0.2, 0) is 9.47 Å². The van der Waals surface area contributed by atoms with Gasteiger partial charge in [-0.2, -0.15) is 5.26 Å². The molecule has 14 heavy (non-hydrogen) atoms. The van der Waals surface area contributed by atoms with Gasteiger partial charge >= 0.3 is 0 Å². The van der Waals surface area contributed by atoms with Crippen LogP contribution >= 0.6 is 0 Å². The zero-order chi connectivity index (χ0) is 10.3. The van der Waals surface area contributed by atoms with Crippen LogP contribution in [0.3, 0.4) is 0 Å². The van der Waals surface area contributed by atoms with E-state index in [1.807, 2.05) is 6.92 Å². The Morgan fingerprint density at radius 2 is 1.79 bits per heavy atom. The zero-order valence-electron chi connectivity index (χ0n) is 8.51. The van der Waals surface area contributed by atoms with Crippen LogP contribution < -0.4 is 0 Å². The van der Waals surface area contributed by atoms with E-state index < -0.39 is 5.79 Å². The second-order valence-electron chi connectivity index (χ2n) is 3.34. The third kappa shape index (κ3) is 3.79. The van der Waals surface area contributed by atoms with E-state index in [9.17, 15) is 0 Å². The maximum atomic E-state index is 8.28. The van der Waals surface area contributed by atoms with E-state index in [-0.39, 0.29) is 0 Å². The highest BCUT2D eigenvalue weighted by molar-refractivity contribution is 5.01. The second kappa shape index (κ2) is 5.65. The van der Waals surface area contributed by atoms with Gasteiger partial charge in [0.25, 0.3) is 0 Å². The Morgan fingerprint density at radius 1 is 1.14 bits per heavy atom. The number of rotatable bonds is 3. The first kappa shape index (κ1) is 11.0. The van der Waals surface area contributed by atoms with Crippen LogP contribution in [0.15, 0.2) is 0 Å². The molecule has 1 saturated heterocycles. The lowest BCUT2D eigenvalue weighted by molar-refractivity contribution is -0.145. The van der Waals surface area contributed by atoms with E-state index in [4.69, 9.17) is 14.7 Å². The van der Waals surface area contributed by atoms with Crippen molar-refractivity contribution < 1.29 is 9.47 Å². The molecule has 1 aliphatic heterocycles. The van der Waals surface area contributed by atoms with Gasteiger partial charge in [-0.1, -0.05) is 0 Å². The van der Waals surface area contributed by atoms with Crippen LogP contribution in [0.2, 0.25) is 0 Å². The molecular formula is C11H15NO2. The topological polar surface area (TPSA) is 42.2 Å². The first-order valence-electron chi connectivity index (χ1n) is 4.87. The van der Waals surface area contributed by atoms with E-state index in [2.05, 4.69) is 17.9 Å². The molecule has 1 rings (SSSR count). The Bertz CT molecular complexity index is 263. The fourth-order valence-electron chi connectivity index (χ4n) is 1.29. The van der Waals surface area contributed by atoms with Crippen molar-refractivity contribution in [3.05, 3.63) is 0 Å². The maximum Gasteiger partial charge on any atom is 0.166 e. The van der Waals surface area contributed by atoms with Gasteiger partial charge in [-0.05, 0) is 6.92 Å². The van der Waals surface area contributed by atoms with Crippen molar-refractivity contribution in [3.63, 3.8) is 0 Å². The lowest BCUT2D eigenvalue weighted by atomic mass is 10.1. The summed E-state index contributed by atoms with van der Waals surface area (Å²) in [5.41, 5.74) is 0. The number of hydrogen-bond donors (Lipinski definition) is 0. The molecule has 0 bridgehead atoms. The van der Waals surface area contributed by atoms with Crippen molar-refractivity contribution in [2.24, 2.45) is 0 Å². The maximum absolute atomic E-state index is 8.28. The molecule has 76 valence electrons. The quantitative estimate of drug-likeness (QED) is 0.507. The second-order valence-corrected chi connectivity index (χ2v) is 3.34. The molecule has 0 atom stereocenters. The summed E-state index contributed by atoms with van der Waals surface area (Å²) in [6.07, 6.45) is 2.74. The van der Waals surface area contributed by atoms with E-state index >= 15 is 0 Å². The lowest BCUT2D eigenvalue weighted by Crippen LogP contribution is -2.24. The Labute approximate surface area is 85.0 Å². The average molecular weight is 193 g/mol. The fourth-order valence-corrected chi connectivity index (χ4v) is 1.29. The number of nitrogens with zero attached hydrogens (tertiary/aromatic N) is 1. The monoisotopic (exact) mass is 193 g/mol. The standard InChI is InChI=1S/C11H15NO2/c1-11(13-9-10-14-11)7-5-3-2-4-6-8-12/h4-7,9-10H2,1H3. The first-order chi connectivity index (χ1) is 6.77. The zero-order valence-corrected chi connectivity index (χ0v) is 8.51. The van der Waals surface area contributed by atoms with E-state index in [0.717, 1.165) is 12.8 Å². The van der Waals surface area contributed by atoms with Gasteiger partial charge in [0.2, 0.25) is 0 Å². The van der Waals surface area contributed by atoms with Crippen LogP contribution in [0.5, 0.6) is 0 Å². The first-order valence-corrected chi connectivity index (χ1v) is 4.87. The minimum absolute atomic E-state index is 0.427. The highest BCUT2D eigenvalue weighted by Gasteiger charge is 2.29. The molecule has 0 aromatic rings. The molecule has 3 heteroatoms. The largest absolute Gasteiger partial charge is 0.348 e. The summed E-state index contributed by atoms with van der Waals surface area (Å²) >= 11 is 0. The van der Waals surface area contributed by atoms with Crippen molar-refractivity contribution in [3.8, 4) is 17.9 Å². The molecule has 0 unspecified atom stereocenters. The smallest absolute Gasteiger partial charge is 0.166 e. The molecule has 0 aromatic carbocycles. The fraction of sp³-hybridized carbons (Fsp3) is 0.727. The van der Waals surface area contributed by atoms with E-state index in [0.29, 0.717) is 26.1 Å².